The molecule has 0 spiro atoms. The van der Waals surface area contributed by atoms with Gasteiger partial charge < -0.3 is 27.8 Å². The van der Waals surface area contributed by atoms with Crippen molar-refractivity contribution in [2.24, 2.45) is 17.2 Å². The molecule has 6 nitrogen and oxygen atoms in total. The molecule has 0 aliphatic heterocycles. The van der Waals surface area contributed by atoms with Gasteiger partial charge in [0, 0.05) is 13.1 Å². The van der Waals surface area contributed by atoms with Gasteiger partial charge in [-0.05, 0) is 126 Å². The first-order valence-electron chi connectivity index (χ1n) is 13.5. The number of hydrogen-bond donors (Lipinski definition) is 5. The summed E-state index contributed by atoms with van der Waals surface area (Å²) in [7, 11) is 0. The average Bonchev–Trinajstić information content (AvgIpc) is 2.86. The van der Waals surface area contributed by atoms with Crippen LogP contribution in [0.4, 0.5) is 0 Å². The molecular formula is C28H50N6. The Hall–Kier alpha value is -1.54. The van der Waals surface area contributed by atoms with Crippen LogP contribution in [0, 0.1) is 0 Å². The second-order valence-electron chi connectivity index (χ2n) is 9.33. The van der Waals surface area contributed by atoms with E-state index in [1.807, 2.05) is 0 Å². The number of nitrogens with two attached hydrogens (primary N) is 3. The Bertz CT molecular complexity index is 756. The van der Waals surface area contributed by atoms with Crippen LogP contribution in [0.3, 0.4) is 0 Å². The van der Waals surface area contributed by atoms with Gasteiger partial charge in [-0.1, -0.05) is 36.4 Å². The summed E-state index contributed by atoms with van der Waals surface area (Å²) in [6.07, 6.45) is 9.18. The average molecular weight is 471 g/mol. The van der Waals surface area contributed by atoms with Crippen molar-refractivity contribution in [3.05, 3.63) is 47.5 Å². The quantitative estimate of drug-likeness (QED) is 0.179. The maximum atomic E-state index is 5.73. The fraction of sp³-hybridized carbons (Fsp3) is 0.643. The Labute approximate surface area is 208 Å². The summed E-state index contributed by atoms with van der Waals surface area (Å²) in [6.45, 7) is 9.67. The molecule has 0 saturated heterocycles. The molecule has 0 radical (unpaired) electrons. The van der Waals surface area contributed by atoms with Crippen molar-refractivity contribution in [3.8, 4) is 0 Å². The van der Waals surface area contributed by atoms with E-state index in [9.17, 15) is 0 Å². The number of hydrogen-bond acceptors (Lipinski definition) is 6. The molecule has 0 fully saturated rings. The minimum atomic E-state index is 0.770. The molecular weight excluding hydrogens is 420 g/mol. The fourth-order valence-corrected chi connectivity index (χ4v) is 4.43. The second-order valence-corrected chi connectivity index (χ2v) is 9.33. The summed E-state index contributed by atoms with van der Waals surface area (Å²) in [6, 6.07) is 13.5. The molecule has 0 amide bonds. The van der Waals surface area contributed by atoms with Crippen molar-refractivity contribution in [2.45, 2.75) is 64.5 Å². The Balaban J connectivity index is 1.88. The maximum Gasteiger partial charge on any atom is 0.0239 e. The lowest BCUT2D eigenvalue weighted by atomic mass is 9.98. The van der Waals surface area contributed by atoms with E-state index in [1.165, 1.54) is 41.2 Å². The number of nitrogens with one attached hydrogen (secondary N) is 2. The number of fused-ring (bicyclic) bond motifs is 1. The zero-order valence-corrected chi connectivity index (χ0v) is 21.4. The van der Waals surface area contributed by atoms with Crippen LogP contribution in [0.5, 0.6) is 0 Å². The summed E-state index contributed by atoms with van der Waals surface area (Å²) in [5.74, 6) is 0. The van der Waals surface area contributed by atoms with Gasteiger partial charge in [-0.25, -0.2) is 0 Å². The van der Waals surface area contributed by atoms with Gasteiger partial charge in [-0.15, -0.1) is 0 Å². The van der Waals surface area contributed by atoms with Crippen LogP contribution in [0.15, 0.2) is 36.4 Å². The van der Waals surface area contributed by atoms with Gasteiger partial charge >= 0.3 is 0 Å². The van der Waals surface area contributed by atoms with E-state index in [-0.39, 0.29) is 0 Å². The van der Waals surface area contributed by atoms with E-state index in [0.717, 1.165) is 97.6 Å². The predicted octanol–water partition coefficient (Wildman–Crippen LogP) is 3.32. The molecule has 0 bridgehead atoms. The van der Waals surface area contributed by atoms with E-state index in [0.29, 0.717) is 0 Å². The van der Waals surface area contributed by atoms with Crippen LogP contribution in [-0.2, 0) is 13.1 Å². The predicted molar refractivity (Wildman–Crippen MR) is 148 cm³/mol. The van der Waals surface area contributed by atoms with Gasteiger partial charge in [0.2, 0.25) is 0 Å². The van der Waals surface area contributed by atoms with Crippen LogP contribution >= 0.6 is 0 Å². The largest absolute Gasteiger partial charge is 0.330 e. The third kappa shape index (κ3) is 11.3. The number of unbranched alkanes of at least 4 members (excludes halogenated alkanes) is 4. The van der Waals surface area contributed by atoms with Crippen molar-refractivity contribution >= 4 is 10.8 Å². The molecule has 192 valence electrons. The smallest absolute Gasteiger partial charge is 0.0239 e. The highest BCUT2D eigenvalue weighted by atomic mass is 15.1. The Morgan fingerprint density at radius 2 is 1.06 bits per heavy atom. The standard InChI is InChI=1S/C28H50N6/c29-15-3-6-18-32-19-7-8-20-33-23-25-13-14-26(28-12-2-1-11-27(25)28)24-34(21-9-4-16-30)22-10-5-17-31/h1-2,11-14,32-33H,3-10,15-24,29-31H2. The molecule has 0 atom stereocenters. The molecule has 0 aliphatic rings. The molecule has 2 rings (SSSR count). The zero-order chi connectivity index (χ0) is 24.3. The van der Waals surface area contributed by atoms with E-state index in [1.54, 1.807) is 0 Å². The summed E-state index contributed by atoms with van der Waals surface area (Å²) in [4.78, 5) is 2.58. The first kappa shape index (κ1) is 28.7. The normalized spacial score (nSPS) is 11.6. The topological polar surface area (TPSA) is 105 Å². The van der Waals surface area contributed by atoms with Gasteiger partial charge in [0.25, 0.3) is 0 Å². The summed E-state index contributed by atoms with van der Waals surface area (Å²) in [5, 5.41) is 9.92. The Morgan fingerprint density at radius 3 is 1.68 bits per heavy atom. The highest BCUT2D eigenvalue weighted by molar-refractivity contribution is 5.88. The first-order chi connectivity index (χ1) is 16.8. The van der Waals surface area contributed by atoms with E-state index >= 15 is 0 Å². The van der Waals surface area contributed by atoms with Crippen LogP contribution < -0.4 is 27.8 Å². The molecule has 0 unspecified atom stereocenters. The number of benzene rings is 2. The zero-order valence-electron chi connectivity index (χ0n) is 21.4. The SMILES string of the molecule is NCCCCNCCCCNCc1ccc(CN(CCCCN)CCCCN)c2ccccc12. The van der Waals surface area contributed by atoms with Crippen molar-refractivity contribution in [1.82, 2.24) is 15.5 Å². The molecule has 34 heavy (non-hydrogen) atoms. The summed E-state index contributed by atoms with van der Waals surface area (Å²) >= 11 is 0. The van der Waals surface area contributed by atoms with Gasteiger partial charge in [0.1, 0.15) is 0 Å². The van der Waals surface area contributed by atoms with Gasteiger partial charge in [-0.3, -0.25) is 4.90 Å². The number of nitrogens with zero attached hydrogens (tertiary/aromatic N) is 1. The van der Waals surface area contributed by atoms with Crippen LogP contribution in [0.25, 0.3) is 10.8 Å². The summed E-state index contributed by atoms with van der Waals surface area (Å²) in [5.41, 5.74) is 19.8. The fourth-order valence-electron chi connectivity index (χ4n) is 4.43. The lowest BCUT2D eigenvalue weighted by molar-refractivity contribution is 0.256. The van der Waals surface area contributed by atoms with Crippen LogP contribution in [0.1, 0.15) is 62.5 Å². The lowest BCUT2D eigenvalue weighted by Crippen LogP contribution is -2.26. The van der Waals surface area contributed by atoms with Crippen LogP contribution in [0.2, 0.25) is 0 Å². The molecule has 2 aromatic carbocycles. The summed E-state index contributed by atoms with van der Waals surface area (Å²) < 4.78 is 0. The van der Waals surface area contributed by atoms with Gasteiger partial charge in [-0.2, -0.15) is 0 Å². The Morgan fingerprint density at radius 1 is 0.559 bits per heavy atom. The highest BCUT2D eigenvalue weighted by Crippen LogP contribution is 2.24. The molecule has 6 heteroatoms. The molecule has 0 heterocycles. The second kappa shape index (κ2) is 18.7. The monoisotopic (exact) mass is 470 g/mol. The van der Waals surface area contributed by atoms with Crippen molar-refractivity contribution in [2.75, 3.05) is 52.4 Å². The number of rotatable bonds is 21. The van der Waals surface area contributed by atoms with Gasteiger partial charge in [0.05, 0.1) is 0 Å². The van der Waals surface area contributed by atoms with Gasteiger partial charge in [0.15, 0.2) is 0 Å². The first-order valence-corrected chi connectivity index (χ1v) is 13.5. The molecule has 0 saturated carbocycles. The molecule has 2 aromatic rings. The third-order valence-corrected chi connectivity index (χ3v) is 6.44. The van der Waals surface area contributed by atoms with E-state index < -0.39 is 0 Å². The third-order valence-electron chi connectivity index (χ3n) is 6.44. The van der Waals surface area contributed by atoms with E-state index in [2.05, 4.69) is 51.9 Å². The molecule has 0 aromatic heterocycles. The van der Waals surface area contributed by atoms with Crippen molar-refractivity contribution in [1.29, 1.82) is 0 Å². The van der Waals surface area contributed by atoms with E-state index in [4.69, 9.17) is 17.2 Å². The van der Waals surface area contributed by atoms with Crippen LogP contribution in [-0.4, -0.2) is 57.3 Å². The lowest BCUT2D eigenvalue weighted by Gasteiger charge is -2.23. The highest BCUT2D eigenvalue weighted by Gasteiger charge is 2.10. The minimum absolute atomic E-state index is 0.770. The maximum absolute atomic E-state index is 5.73. The Kier molecular flexibility index (Phi) is 15.8. The minimum Gasteiger partial charge on any atom is -0.330 e. The molecule has 8 N–H and O–H groups in total. The van der Waals surface area contributed by atoms with Crippen molar-refractivity contribution < 1.29 is 0 Å². The molecule has 0 aliphatic carbocycles. The van der Waals surface area contributed by atoms with Crippen molar-refractivity contribution in [3.63, 3.8) is 0 Å².